The maximum atomic E-state index is 5.53. The van der Waals surface area contributed by atoms with Gasteiger partial charge in [-0.2, -0.15) is 0 Å². The van der Waals surface area contributed by atoms with Crippen molar-refractivity contribution in [2.45, 2.75) is 6.92 Å². The van der Waals surface area contributed by atoms with Crippen LogP contribution in [-0.4, -0.2) is 25.3 Å². The molecule has 0 saturated heterocycles. The highest BCUT2D eigenvalue weighted by Gasteiger charge is 1.94. The summed E-state index contributed by atoms with van der Waals surface area (Å²) in [7, 11) is 1.79. The Balaban J connectivity index is 2.23. The first-order chi connectivity index (χ1) is 7.22. The Bertz CT molecular complexity index is 328. The van der Waals surface area contributed by atoms with Gasteiger partial charge in [-0.1, -0.05) is 12.1 Å². The van der Waals surface area contributed by atoms with Crippen molar-refractivity contribution < 1.29 is 4.74 Å². The molecule has 0 saturated carbocycles. The lowest BCUT2D eigenvalue weighted by atomic mass is 10.2. The topological polar surface area (TPSA) is 33.3 Å². The van der Waals surface area contributed by atoms with Gasteiger partial charge in [0.05, 0.1) is 6.54 Å². The fraction of sp³-hybridized carbons (Fsp3) is 0.364. The molecule has 0 aliphatic rings. The van der Waals surface area contributed by atoms with E-state index in [2.05, 4.69) is 10.6 Å². The van der Waals surface area contributed by atoms with Gasteiger partial charge in [-0.3, -0.25) is 0 Å². The molecule has 0 bridgehead atoms. The van der Waals surface area contributed by atoms with Crippen LogP contribution in [0.3, 0.4) is 0 Å². The molecule has 1 aromatic rings. The molecule has 0 heterocycles. The highest BCUT2D eigenvalue weighted by atomic mass is 32.1. The zero-order valence-electron chi connectivity index (χ0n) is 9.04. The minimum absolute atomic E-state index is 0.602. The van der Waals surface area contributed by atoms with E-state index >= 15 is 0 Å². The summed E-state index contributed by atoms with van der Waals surface area (Å²) >= 11 is 4.93. The number of hydrogen-bond donors (Lipinski definition) is 2. The van der Waals surface area contributed by atoms with E-state index in [1.165, 1.54) is 5.56 Å². The van der Waals surface area contributed by atoms with Crippen LogP contribution in [-0.2, 0) is 0 Å². The third-order valence-corrected chi connectivity index (χ3v) is 2.22. The van der Waals surface area contributed by atoms with Crippen LogP contribution in [0.2, 0.25) is 0 Å². The summed E-state index contributed by atoms with van der Waals surface area (Å²) in [5.74, 6) is 0.896. The molecule has 3 nitrogen and oxygen atoms in total. The van der Waals surface area contributed by atoms with Crippen LogP contribution in [0.5, 0.6) is 5.75 Å². The maximum absolute atomic E-state index is 5.53. The van der Waals surface area contributed by atoms with E-state index < -0.39 is 0 Å². The summed E-state index contributed by atoms with van der Waals surface area (Å²) in [5, 5.41) is 6.49. The Morgan fingerprint density at radius 2 is 2.27 bits per heavy atom. The van der Waals surface area contributed by atoms with Crippen LogP contribution in [0.4, 0.5) is 0 Å². The van der Waals surface area contributed by atoms with Crippen LogP contribution < -0.4 is 15.4 Å². The summed E-state index contributed by atoms with van der Waals surface area (Å²) in [6.45, 7) is 3.35. The van der Waals surface area contributed by atoms with Gasteiger partial charge in [0.1, 0.15) is 12.4 Å². The molecule has 0 aromatic heterocycles. The standard InChI is InChI=1S/C11H16N2OS/c1-9-4-3-5-10(8-9)14-7-6-13-11(15)12-2/h3-5,8H,6-7H2,1-2H3,(H2,12,13,15). The number of ether oxygens (including phenoxy) is 1. The molecule has 1 rings (SSSR count). The lowest BCUT2D eigenvalue weighted by Gasteiger charge is -2.09. The zero-order chi connectivity index (χ0) is 11.1. The Morgan fingerprint density at radius 1 is 1.47 bits per heavy atom. The van der Waals surface area contributed by atoms with Gasteiger partial charge in [0.25, 0.3) is 0 Å². The molecule has 0 radical (unpaired) electrons. The Labute approximate surface area is 95.8 Å². The minimum atomic E-state index is 0.602. The Morgan fingerprint density at radius 3 is 2.93 bits per heavy atom. The van der Waals surface area contributed by atoms with E-state index in [9.17, 15) is 0 Å². The van der Waals surface area contributed by atoms with Crippen LogP contribution in [0.15, 0.2) is 24.3 Å². The van der Waals surface area contributed by atoms with Crippen LogP contribution in [0, 0.1) is 6.92 Å². The van der Waals surface area contributed by atoms with Gasteiger partial charge in [-0.05, 0) is 36.8 Å². The van der Waals surface area contributed by atoms with Gasteiger partial charge in [0, 0.05) is 7.05 Å². The smallest absolute Gasteiger partial charge is 0.166 e. The maximum Gasteiger partial charge on any atom is 0.166 e. The number of benzene rings is 1. The number of nitrogens with one attached hydrogen (secondary N) is 2. The first-order valence-corrected chi connectivity index (χ1v) is 5.28. The second-order valence-electron chi connectivity index (χ2n) is 3.17. The van der Waals surface area contributed by atoms with Gasteiger partial charge < -0.3 is 15.4 Å². The van der Waals surface area contributed by atoms with Crippen molar-refractivity contribution in [3.05, 3.63) is 29.8 Å². The van der Waals surface area contributed by atoms with Gasteiger partial charge in [0.2, 0.25) is 0 Å². The van der Waals surface area contributed by atoms with Crippen molar-refractivity contribution in [3.8, 4) is 5.75 Å². The van der Waals surface area contributed by atoms with E-state index in [0.29, 0.717) is 18.3 Å². The highest BCUT2D eigenvalue weighted by Crippen LogP contribution is 2.11. The molecule has 4 heteroatoms. The normalized spacial score (nSPS) is 9.47. The lowest BCUT2D eigenvalue weighted by Crippen LogP contribution is -2.35. The third kappa shape index (κ3) is 4.65. The van der Waals surface area contributed by atoms with E-state index in [-0.39, 0.29) is 0 Å². The molecule has 82 valence electrons. The van der Waals surface area contributed by atoms with E-state index in [4.69, 9.17) is 17.0 Å². The predicted octanol–water partition coefficient (Wildman–Crippen LogP) is 1.47. The third-order valence-electron chi connectivity index (χ3n) is 1.87. The average molecular weight is 224 g/mol. The van der Waals surface area contributed by atoms with Crippen LogP contribution in [0.1, 0.15) is 5.56 Å². The van der Waals surface area contributed by atoms with Gasteiger partial charge in [-0.15, -0.1) is 0 Å². The number of aryl methyl sites for hydroxylation is 1. The molecule has 0 aliphatic heterocycles. The first-order valence-electron chi connectivity index (χ1n) is 4.87. The molecular formula is C11H16N2OS. The van der Waals surface area contributed by atoms with Crippen molar-refractivity contribution in [2.24, 2.45) is 0 Å². The predicted molar refractivity (Wildman–Crippen MR) is 66.3 cm³/mol. The van der Waals surface area contributed by atoms with Crippen molar-refractivity contribution in [2.75, 3.05) is 20.2 Å². The van der Waals surface area contributed by atoms with Gasteiger partial charge >= 0.3 is 0 Å². The highest BCUT2D eigenvalue weighted by molar-refractivity contribution is 7.80. The molecular weight excluding hydrogens is 208 g/mol. The lowest BCUT2D eigenvalue weighted by molar-refractivity contribution is 0.322. The molecule has 0 spiro atoms. The molecule has 0 amide bonds. The van der Waals surface area contributed by atoms with E-state index in [0.717, 1.165) is 5.75 Å². The molecule has 1 aromatic carbocycles. The second-order valence-corrected chi connectivity index (χ2v) is 3.58. The molecule has 2 N–H and O–H groups in total. The fourth-order valence-corrected chi connectivity index (χ4v) is 1.23. The Kier molecular flexibility index (Phi) is 4.90. The summed E-state index contributed by atoms with van der Waals surface area (Å²) < 4.78 is 5.53. The second kappa shape index (κ2) is 6.24. The molecule has 0 unspecified atom stereocenters. The SMILES string of the molecule is CNC(=S)NCCOc1cccc(C)c1. The first kappa shape index (κ1) is 11.8. The zero-order valence-corrected chi connectivity index (χ0v) is 9.86. The van der Waals surface area contributed by atoms with Crippen molar-refractivity contribution in [1.82, 2.24) is 10.6 Å². The number of rotatable bonds is 4. The molecule has 0 fully saturated rings. The molecule has 0 atom stereocenters. The number of hydrogen-bond acceptors (Lipinski definition) is 2. The Hall–Kier alpha value is -1.29. The monoisotopic (exact) mass is 224 g/mol. The van der Waals surface area contributed by atoms with Crippen LogP contribution in [0.25, 0.3) is 0 Å². The average Bonchev–Trinajstić information content (AvgIpc) is 2.24. The largest absolute Gasteiger partial charge is 0.492 e. The van der Waals surface area contributed by atoms with E-state index in [1.54, 1.807) is 7.05 Å². The van der Waals surface area contributed by atoms with Crippen molar-refractivity contribution >= 4 is 17.3 Å². The van der Waals surface area contributed by atoms with Crippen molar-refractivity contribution in [1.29, 1.82) is 0 Å². The summed E-state index contributed by atoms with van der Waals surface area (Å²) in [5.41, 5.74) is 1.20. The van der Waals surface area contributed by atoms with Gasteiger partial charge in [-0.25, -0.2) is 0 Å². The summed E-state index contributed by atoms with van der Waals surface area (Å²) in [6, 6.07) is 7.98. The summed E-state index contributed by atoms with van der Waals surface area (Å²) in [4.78, 5) is 0. The minimum Gasteiger partial charge on any atom is -0.492 e. The fourth-order valence-electron chi connectivity index (χ4n) is 1.13. The van der Waals surface area contributed by atoms with E-state index in [1.807, 2.05) is 31.2 Å². The summed E-state index contributed by atoms with van der Waals surface area (Å²) in [6.07, 6.45) is 0. The molecule has 0 aliphatic carbocycles. The molecule has 15 heavy (non-hydrogen) atoms. The quantitative estimate of drug-likeness (QED) is 0.599. The van der Waals surface area contributed by atoms with Crippen molar-refractivity contribution in [3.63, 3.8) is 0 Å². The van der Waals surface area contributed by atoms with Gasteiger partial charge in [0.15, 0.2) is 5.11 Å². The van der Waals surface area contributed by atoms with Crippen LogP contribution >= 0.6 is 12.2 Å². The number of thiocarbonyl (C=S) groups is 1.